The zero-order chi connectivity index (χ0) is 22.8. The molecule has 1 aromatic carbocycles. The minimum atomic E-state index is -1.90. The fourth-order valence-corrected chi connectivity index (χ4v) is 7.48. The Morgan fingerprint density at radius 1 is 0.903 bits per heavy atom. The molecule has 0 fully saturated rings. The number of rotatable bonds is 8. The molecule has 0 bridgehead atoms. The summed E-state index contributed by atoms with van der Waals surface area (Å²) in [5, 5.41) is 0. The molecule has 1 aliphatic rings. The van der Waals surface area contributed by atoms with E-state index in [9.17, 15) is 13.2 Å². The summed E-state index contributed by atoms with van der Waals surface area (Å²) in [6.07, 6.45) is 6.33. The smallest absolute Gasteiger partial charge is 0.179 e. The summed E-state index contributed by atoms with van der Waals surface area (Å²) in [5.74, 6) is -1.71. The third-order valence-corrected chi connectivity index (χ3v) is 10.6. The molecule has 0 spiro atoms. The average Bonchev–Trinajstić information content (AvgIpc) is 2.94. The third-order valence-electron chi connectivity index (χ3n) is 5.90. The van der Waals surface area contributed by atoms with Crippen LogP contribution in [0.15, 0.2) is 12.1 Å². The lowest BCUT2D eigenvalue weighted by atomic mass is 9.79. The fourth-order valence-electron chi connectivity index (χ4n) is 4.09. The first kappa shape index (κ1) is 24.2. The van der Waals surface area contributed by atoms with Gasteiger partial charge in [0, 0.05) is 22.0 Å². The lowest BCUT2D eigenvalue weighted by molar-refractivity contribution is 0.0797. The van der Waals surface area contributed by atoms with Gasteiger partial charge in [-0.05, 0) is 12.8 Å². The van der Waals surface area contributed by atoms with Crippen LogP contribution in [0.25, 0.3) is 10.4 Å². The van der Waals surface area contributed by atoms with E-state index >= 15 is 0 Å². The highest BCUT2D eigenvalue weighted by molar-refractivity contribution is 7.29. The van der Waals surface area contributed by atoms with E-state index in [-0.39, 0.29) is 11.0 Å². The lowest BCUT2D eigenvalue weighted by Gasteiger charge is -2.31. The number of hydrogen-bond donors (Lipinski definition) is 0. The zero-order valence-corrected chi connectivity index (χ0v) is 21.0. The predicted molar refractivity (Wildman–Crippen MR) is 125 cm³/mol. The average molecular weight is 471 g/mol. The van der Waals surface area contributed by atoms with Gasteiger partial charge in [0.2, 0.25) is 0 Å². The van der Waals surface area contributed by atoms with Crippen molar-refractivity contribution < 1.29 is 22.6 Å². The lowest BCUT2D eigenvalue weighted by Crippen LogP contribution is -2.37. The van der Waals surface area contributed by atoms with Crippen molar-refractivity contribution in [3.8, 4) is 21.9 Å². The molecule has 0 atom stereocenters. The van der Waals surface area contributed by atoms with Crippen LogP contribution in [0.5, 0.6) is 11.5 Å². The number of hydrogen-bond acceptors (Lipinski definition) is 3. The largest absolute Gasteiger partial charge is 0.488 e. The molecule has 172 valence electrons. The Morgan fingerprint density at radius 2 is 1.42 bits per heavy atom. The first-order valence-electron chi connectivity index (χ1n) is 11.2. The van der Waals surface area contributed by atoms with Crippen LogP contribution in [-0.2, 0) is 0 Å². The van der Waals surface area contributed by atoms with E-state index in [4.69, 9.17) is 9.47 Å². The molecule has 0 saturated heterocycles. The number of benzene rings is 1. The molecule has 0 saturated carbocycles. The predicted octanol–water partition coefficient (Wildman–Crippen LogP) is 7.52. The highest BCUT2D eigenvalue weighted by atomic mass is 32.1. The minimum Gasteiger partial charge on any atom is -0.488 e. The van der Waals surface area contributed by atoms with Crippen molar-refractivity contribution in [1.82, 2.24) is 0 Å². The standard InChI is InChI=1S/C24H33F3O2SSi/c1-6-8-10-24(11-9-7-2)14-28-20-21(29-15-24)23(31(3,4)5)30-22(20)19-17(26)12-16(25)13-18(19)27/h12-13H,6-11,14-15H2,1-5H3. The van der Waals surface area contributed by atoms with E-state index < -0.39 is 25.5 Å². The van der Waals surface area contributed by atoms with Crippen molar-refractivity contribution in [1.29, 1.82) is 0 Å². The molecule has 0 unspecified atom stereocenters. The van der Waals surface area contributed by atoms with Crippen LogP contribution in [0.1, 0.15) is 52.4 Å². The Hall–Kier alpha value is -1.47. The van der Waals surface area contributed by atoms with Gasteiger partial charge in [0.25, 0.3) is 0 Å². The van der Waals surface area contributed by atoms with Crippen molar-refractivity contribution in [3.05, 3.63) is 29.6 Å². The molecule has 7 heteroatoms. The van der Waals surface area contributed by atoms with Crippen molar-refractivity contribution in [3.63, 3.8) is 0 Å². The van der Waals surface area contributed by atoms with E-state index in [1.807, 2.05) is 0 Å². The van der Waals surface area contributed by atoms with Crippen LogP contribution in [0.2, 0.25) is 19.6 Å². The summed E-state index contributed by atoms with van der Waals surface area (Å²) < 4.78 is 56.7. The van der Waals surface area contributed by atoms with E-state index in [1.165, 1.54) is 11.3 Å². The molecule has 0 radical (unpaired) electrons. The van der Waals surface area contributed by atoms with Crippen molar-refractivity contribution in [2.24, 2.45) is 5.41 Å². The van der Waals surface area contributed by atoms with E-state index in [1.54, 1.807) is 0 Å². The molecule has 0 N–H and O–H groups in total. The molecule has 2 nitrogen and oxygen atoms in total. The van der Waals surface area contributed by atoms with Gasteiger partial charge in [-0.3, -0.25) is 0 Å². The van der Waals surface area contributed by atoms with Crippen molar-refractivity contribution >= 4 is 23.9 Å². The van der Waals surface area contributed by atoms with Gasteiger partial charge in [-0.1, -0.05) is 59.2 Å². The van der Waals surface area contributed by atoms with Gasteiger partial charge in [-0.25, -0.2) is 13.2 Å². The molecule has 1 aromatic heterocycles. The van der Waals surface area contributed by atoms with E-state index in [0.717, 1.165) is 55.2 Å². The van der Waals surface area contributed by atoms with E-state index in [0.29, 0.717) is 29.6 Å². The Labute approximate surface area is 188 Å². The normalized spacial score (nSPS) is 15.7. The van der Waals surface area contributed by atoms with Crippen molar-refractivity contribution in [2.75, 3.05) is 13.2 Å². The maximum atomic E-state index is 14.7. The van der Waals surface area contributed by atoms with Gasteiger partial charge in [0.1, 0.15) is 17.5 Å². The summed E-state index contributed by atoms with van der Waals surface area (Å²) in [5.41, 5.74) is -0.346. The van der Waals surface area contributed by atoms with Gasteiger partial charge in [-0.2, -0.15) is 0 Å². The summed E-state index contributed by atoms with van der Waals surface area (Å²) >= 11 is 1.32. The molecule has 3 rings (SSSR count). The summed E-state index contributed by atoms with van der Waals surface area (Å²) in [7, 11) is -1.90. The first-order chi connectivity index (χ1) is 14.6. The molecule has 0 amide bonds. The number of fused-ring (bicyclic) bond motifs is 1. The monoisotopic (exact) mass is 470 g/mol. The summed E-state index contributed by atoms with van der Waals surface area (Å²) in [4.78, 5) is 0.365. The third kappa shape index (κ3) is 5.13. The minimum absolute atomic E-state index is 0.115. The Morgan fingerprint density at radius 3 is 1.90 bits per heavy atom. The number of unbranched alkanes of at least 4 members (excludes halogenated alkanes) is 2. The molecule has 31 heavy (non-hydrogen) atoms. The van der Waals surface area contributed by atoms with Gasteiger partial charge in [-0.15, -0.1) is 11.3 Å². The van der Waals surface area contributed by atoms with Crippen LogP contribution in [0.4, 0.5) is 13.2 Å². The summed E-state index contributed by atoms with van der Waals surface area (Å²) in [6.45, 7) is 11.9. The molecule has 2 heterocycles. The fraction of sp³-hybridized carbons (Fsp3) is 0.583. The van der Waals surface area contributed by atoms with Crippen molar-refractivity contribution in [2.45, 2.75) is 72.0 Å². The molecule has 1 aliphatic heterocycles. The highest BCUT2D eigenvalue weighted by Gasteiger charge is 2.39. The number of halogens is 3. The number of ether oxygens (including phenoxy) is 2. The summed E-state index contributed by atoms with van der Waals surface area (Å²) in [6, 6.07) is 1.45. The maximum Gasteiger partial charge on any atom is 0.179 e. The molecular weight excluding hydrogens is 437 g/mol. The Balaban J connectivity index is 2.10. The topological polar surface area (TPSA) is 18.5 Å². The zero-order valence-electron chi connectivity index (χ0n) is 19.2. The van der Waals surface area contributed by atoms with E-state index in [2.05, 4.69) is 33.5 Å². The second-order valence-corrected chi connectivity index (χ2v) is 16.1. The SMILES string of the molecule is CCCCC1(CCCC)COc2c(-c3c(F)cc(F)cc3F)sc([Si](C)(C)C)c2OC1. The quantitative estimate of drug-likeness (QED) is 0.372. The van der Waals surface area contributed by atoms with Crippen LogP contribution in [0, 0.1) is 22.9 Å². The van der Waals surface area contributed by atoms with Crippen LogP contribution in [0.3, 0.4) is 0 Å². The highest BCUT2D eigenvalue weighted by Crippen LogP contribution is 2.49. The molecule has 0 aliphatic carbocycles. The second kappa shape index (κ2) is 9.57. The first-order valence-corrected chi connectivity index (χ1v) is 15.5. The Bertz CT molecular complexity index is 889. The van der Waals surface area contributed by atoms with Gasteiger partial charge >= 0.3 is 0 Å². The number of thiophene rings is 1. The maximum absolute atomic E-state index is 14.7. The van der Waals surface area contributed by atoms with Gasteiger partial charge in [0.05, 0.1) is 31.7 Å². The van der Waals surface area contributed by atoms with Crippen LogP contribution in [-0.4, -0.2) is 21.3 Å². The second-order valence-electron chi connectivity index (χ2n) is 9.70. The van der Waals surface area contributed by atoms with Gasteiger partial charge in [0.15, 0.2) is 11.5 Å². The Kier molecular flexibility index (Phi) is 7.46. The van der Waals surface area contributed by atoms with Gasteiger partial charge < -0.3 is 9.47 Å². The van der Waals surface area contributed by atoms with Crippen LogP contribution < -0.4 is 14.0 Å². The van der Waals surface area contributed by atoms with Crippen LogP contribution >= 0.6 is 11.3 Å². The molecular formula is C24H33F3O2SSi. The molecule has 2 aromatic rings.